The first-order valence-corrected chi connectivity index (χ1v) is 10.2. The van der Waals surface area contributed by atoms with Gasteiger partial charge >= 0.3 is 0 Å². The number of hydrogen-bond donors (Lipinski definition) is 0. The highest BCUT2D eigenvalue weighted by atomic mass is 35.5. The minimum Gasteiger partial charge on any atom is -0.334 e. The molecule has 0 bridgehead atoms. The molecular weight excluding hydrogens is 391 g/mol. The van der Waals surface area contributed by atoms with Gasteiger partial charge in [0.15, 0.2) is 0 Å². The zero-order chi connectivity index (χ0) is 20.2. The molecule has 1 saturated carbocycles. The van der Waals surface area contributed by atoms with E-state index in [0.29, 0.717) is 13.1 Å². The standard InChI is InChI=1S/C22H22ClFN4O/c23-18-6-3-7-19(24)21(18)22(29)28(17-4-1-2-5-17)15-14-27-13-10-20(26-27)16-8-11-25-12-9-16/h3,6-13,17H,1-2,4-5,14-15H2. The van der Waals surface area contributed by atoms with E-state index in [-0.39, 0.29) is 22.5 Å². The van der Waals surface area contributed by atoms with Gasteiger partial charge in [0.25, 0.3) is 5.91 Å². The SMILES string of the molecule is O=C(c1c(F)cccc1Cl)N(CCn1ccc(-c2ccncc2)n1)C1CCCC1. The Hall–Kier alpha value is -2.73. The van der Waals surface area contributed by atoms with Crippen molar-refractivity contribution in [3.63, 3.8) is 0 Å². The third kappa shape index (κ3) is 4.32. The van der Waals surface area contributed by atoms with Crippen LogP contribution in [0, 0.1) is 5.82 Å². The van der Waals surface area contributed by atoms with Gasteiger partial charge in [-0.05, 0) is 43.2 Å². The second kappa shape index (κ2) is 8.74. The minimum atomic E-state index is -0.579. The molecule has 5 nitrogen and oxygen atoms in total. The second-order valence-electron chi connectivity index (χ2n) is 7.23. The highest BCUT2D eigenvalue weighted by Gasteiger charge is 2.30. The summed E-state index contributed by atoms with van der Waals surface area (Å²) in [5.74, 6) is -0.925. The summed E-state index contributed by atoms with van der Waals surface area (Å²) in [5.41, 5.74) is 1.79. The Bertz CT molecular complexity index is 965. The fourth-order valence-electron chi connectivity index (χ4n) is 3.88. The van der Waals surface area contributed by atoms with Crippen LogP contribution in [0.25, 0.3) is 11.3 Å². The normalized spacial score (nSPS) is 14.3. The van der Waals surface area contributed by atoms with Gasteiger partial charge in [-0.1, -0.05) is 30.5 Å². The summed E-state index contributed by atoms with van der Waals surface area (Å²) in [5, 5.41) is 4.75. The summed E-state index contributed by atoms with van der Waals surface area (Å²) in [7, 11) is 0. The Morgan fingerprint density at radius 1 is 1.17 bits per heavy atom. The number of carbonyl (C=O) groups is 1. The van der Waals surface area contributed by atoms with E-state index in [9.17, 15) is 9.18 Å². The highest BCUT2D eigenvalue weighted by Crippen LogP contribution is 2.28. The van der Waals surface area contributed by atoms with E-state index >= 15 is 0 Å². The molecule has 0 atom stereocenters. The van der Waals surface area contributed by atoms with Crippen LogP contribution < -0.4 is 0 Å². The van der Waals surface area contributed by atoms with Gasteiger partial charge in [0.05, 0.1) is 22.8 Å². The number of halogens is 2. The number of carbonyl (C=O) groups excluding carboxylic acids is 1. The van der Waals surface area contributed by atoms with Crippen molar-refractivity contribution in [2.24, 2.45) is 0 Å². The van der Waals surface area contributed by atoms with Crippen LogP contribution >= 0.6 is 11.6 Å². The topological polar surface area (TPSA) is 51.0 Å². The van der Waals surface area contributed by atoms with Crippen LogP contribution in [0.4, 0.5) is 4.39 Å². The fourth-order valence-corrected chi connectivity index (χ4v) is 4.13. The van der Waals surface area contributed by atoms with E-state index < -0.39 is 5.82 Å². The van der Waals surface area contributed by atoms with E-state index in [1.54, 1.807) is 23.4 Å². The molecule has 0 aliphatic heterocycles. The molecule has 3 aromatic rings. The number of hydrogen-bond acceptors (Lipinski definition) is 3. The van der Waals surface area contributed by atoms with Crippen molar-refractivity contribution in [1.82, 2.24) is 19.7 Å². The molecule has 150 valence electrons. The van der Waals surface area contributed by atoms with Gasteiger partial charge in [-0.25, -0.2) is 4.39 Å². The third-order valence-corrected chi connectivity index (χ3v) is 5.70. The predicted molar refractivity (Wildman–Crippen MR) is 110 cm³/mol. The van der Waals surface area contributed by atoms with Crippen molar-refractivity contribution in [1.29, 1.82) is 0 Å². The molecule has 0 radical (unpaired) electrons. The van der Waals surface area contributed by atoms with Crippen molar-refractivity contribution in [3.8, 4) is 11.3 Å². The van der Waals surface area contributed by atoms with Crippen LogP contribution in [0.3, 0.4) is 0 Å². The number of aromatic nitrogens is 3. The first-order valence-electron chi connectivity index (χ1n) is 9.82. The molecule has 0 spiro atoms. The fraction of sp³-hybridized carbons (Fsp3) is 0.318. The van der Waals surface area contributed by atoms with Crippen LogP contribution in [-0.2, 0) is 6.54 Å². The maximum atomic E-state index is 14.3. The average Bonchev–Trinajstić information content (AvgIpc) is 3.41. The molecular formula is C22H22ClFN4O. The van der Waals surface area contributed by atoms with Crippen LogP contribution in [0.5, 0.6) is 0 Å². The van der Waals surface area contributed by atoms with E-state index in [4.69, 9.17) is 11.6 Å². The van der Waals surface area contributed by atoms with E-state index in [1.165, 1.54) is 12.1 Å². The van der Waals surface area contributed by atoms with E-state index in [0.717, 1.165) is 36.9 Å². The van der Waals surface area contributed by atoms with Gasteiger partial charge < -0.3 is 4.90 Å². The van der Waals surface area contributed by atoms with Gasteiger partial charge in [-0.3, -0.25) is 14.5 Å². The molecule has 7 heteroatoms. The van der Waals surface area contributed by atoms with Gasteiger partial charge in [0.1, 0.15) is 5.82 Å². The molecule has 4 rings (SSSR count). The average molecular weight is 413 g/mol. The zero-order valence-electron chi connectivity index (χ0n) is 16.0. The van der Waals surface area contributed by atoms with Gasteiger partial charge in [-0.2, -0.15) is 5.10 Å². The monoisotopic (exact) mass is 412 g/mol. The van der Waals surface area contributed by atoms with Crippen molar-refractivity contribution in [2.45, 2.75) is 38.3 Å². The lowest BCUT2D eigenvalue weighted by Gasteiger charge is -2.29. The number of rotatable bonds is 6. The molecule has 2 aromatic heterocycles. The highest BCUT2D eigenvalue weighted by molar-refractivity contribution is 6.33. The summed E-state index contributed by atoms with van der Waals surface area (Å²) in [6.45, 7) is 0.977. The van der Waals surface area contributed by atoms with E-state index in [1.807, 2.05) is 29.1 Å². The number of nitrogens with zero attached hydrogens (tertiary/aromatic N) is 4. The maximum Gasteiger partial charge on any atom is 0.258 e. The molecule has 1 fully saturated rings. The van der Waals surface area contributed by atoms with Gasteiger partial charge in [0.2, 0.25) is 0 Å². The van der Waals surface area contributed by atoms with Gasteiger partial charge in [-0.15, -0.1) is 0 Å². The molecule has 29 heavy (non-hydrogen) atoms. The lowest BCUT2D eigenvalue weighted by atomic mass is 10.1. The lowest BCUT2D eigenvalue weighted by molar-refractivity contribution is 0.0667. The summed E-state index contributed by atoms with van der Waals surface area (Å²) in [4.78, 5) is 19.0. The van der Waals surface area contributed by atoms with Crippen molar-refractivity contribution < 1.29 is 9.18 Å². The Morgan fingerprint density at radius 3 is 2.66 bits per heavy atom. The first-order chi connectivity index (χ1) is 14.1. The van der Waals surface area contributed by atoms with Crippen LogP contribution in [0.2, 0.25) is 5.02 Å². The third-order valence-electron chi connectivity index (χ3n) is 5.39. The van der Waals surface area contributed by atoms with E-state index in [2.05, 4.69) is 10.1 Å². The van der Waals surface area contributed by atoms with Crippen molar-refractivity contribution in [2.75, 3.05) is 6.54 Å². The minimum absolute atomic E-state index is 0.0426. The summed E-state index contributed by atoms with van der Waals surface area (Å²) in [6.07, 6.45) is 9.36. The van der Waals surface area contributed by atoms with Crippen molar-refractivity contribution in [3.05, 3.63) is 71.4 Å². The van der Waals surface area contributed by atoms with Gasteiger partial charge in [0, 0.05) is 36.7 Å². The molecule has 1 aromatic carbocycles. The smallest absolute Gasteiger partial charge is 0.258 e. The Balaban J connectivity index is 1.53. The maximum absolute atomic E-state index is 14.3. The quantitative estimate of drug-likeness (QED) is 0.583. The number of amides is 1. The molecule has 0 N–H and O–H groups in total. The summed E-state index contributed by atoms with van der Waals surface area (Å²) >= 11 is 6.15. The molecule has 1 aliphatic rings. The summed E-state index contributed by atoms with van der Waals surface area (Å²) in [6, 6.07) is 10.2. The molecule has 0 saturated heterocycles. The molecule has 1 aliphatic carbocycles. The zero-order valence-corrected chi connectivity index (χ0v) is 16.7. The van der Waals surface area contributed by atoms with Crippen molar-refractivity contribution >= 4 is 17.5 Å². The van der Waals surface area contributed by atoms with Crippen LogP contribution in [0.15, 0.2) is 55.0 Å². The lowest BCUT2D eigenvalue weighted by Crippen LogP contribution is -2.41. The molecule has 1 amide bonds. The predicted octanol–water partition coefficient (Wildman–Crippen LogP) is 4.82. The largest absolute Gasteiger partial charge is 0.334 e. The Kier molecular flexibility index (Phi) is 5.90. The van der Waals surface area contributed by atoms with Crippen LogP contribution in [0.1, 0.15) is 36.0 Å². The Labute approximate surface area is 174 Å². The number of benzene rings is 1. The second-order valence-corrected chi connectivity index (χ2v) is 7.64. The Morgan fingerprint density at radius 2 is 1.93 bits per heavy atom. The summed E-state index contributed by atoms with van der Waals surface area (Å²) < 4.78 is 16.2. The molecule has 2 heterocycles. The van der Waals surface area contributed by atoms with Crippen LogP contribution in [-0.4, -0.2) is 38.2 Å². The molecule has 0 unspecified atom stereocenters. The number of pyridine rings is 1. The first kappa shape index (κ1) is 19.6.